The van der Waals surface area contributed by atoms with Gasteiger partial charge in [0.15, 0.2) is 0 Å². The van der Waals surface area contributed by atoms with Gasteiger partial charge in [0.25, 0.3) is 0 Å². The fourth-order valence-corrected chi connectivity index (χ4v) is 8.17. The van der Waals surface area contributed by atoms with Gasteiger partial charge in [0.05, 0.1) is 0 Å². The molecule has 0 aliphatic rings. The van der Waals surface area contributed by atoms with Gasteiger partial charge in [-0.15, -0.1) is 0 Å². The summed E-state index contributed by atoms with van der Waals surface area (Å²) in [7, 11) is 0. The molecule has 46 heavy (non-hydrogen) atoms. The van der Waals surface area contributed by atoms with Crippen LogP contribution in [0.4, 0.5) is 0 Å². The number of aryl methyl sites for hydroxylation is 2. The molecule has 0 fully saturated rings. The third-order valence-electron chi connectivity index (χ3n) is 9.84. The maximum atomic E-state index is 2.47. The van der Waals surface area contributed by atoms with E-state index in [9.17, 15) is 0 Å². The van der Waals surface area contributed by atoms with Crippen LogP contribution in [0, 0.1) is 0 Å². The van der Waals surface area contributed by atoms with E-state index in [4.69, 9.17) is 0 Å². The van der Waals surface area contributed by atoms with Crippen LogP contribution in [0.15, 0.2) is 46.2 Å². The molecule has 0 nitrogen and oxygen atoms in total. The van der Waals surface area contributed by atoms with Crippen LogP contribution < -0.4 is 0 Å². The minimum absolute atomic E-state index is 0. The zero-order chi connectivity index (χ0) is 32.2. The Kier molecular flexibility index (Phi) is 28.6. The van der Waals surface area contributed by atoms with Crippen molar-refractivity contribution in [3.63, 3.8) is 0 Å². The summed E-state index contributed by atoms with van der Waals surface area (Å²) in [6, 6.07) is 14.6. The second-order valence-corrected chi connectivity index (χ2v) is 15.0. The van der Waals surface area contributed by atoms with Gasteiger partial charge in [-0.05, 0) is 85.8 Å². The Bertz CT molecular complexity index is 889. The Morgan fingerprint density at radius 2 is 0.630 bits per heavy atom. The first-order valence-corrected chi connectivity index (χ1v) is 21.0. The van der Waals surface area contributed by atoms with E-state index in [1.807, 2.05) is 0 Å². The third-order valence-corrected chi connectivity index (χ3v) is 11.0. The minimum Gasteiger partial charge on any atom is -0.0895 e. The van der Waals surface area contributed by atoms with Crippen LogP contribution in [0.25, 0.3) is 0 Å². The molecular formula is C44H74NiS. The molecule has 0 bridgehead atoms. The molecule has 0 radical (unpaired) electrons. The quantitative estimate of drug-likeness (QED) is 0.0580. The average molecular weight is 694 g/mol. The van der Waals surface area contributed by atoms with Gasteiger partial charge < -0.3 is 0 Å². The summed E-state index contributed by atoms with van der Waals surface area (Å²) in [6.45, 7) is 9.29. The van der Waals surface area contributed by atoms with Gasteiger partial charge >= 0.3 is 0 Å². The third kappa shape index (κ3) is 19.3. The molecule has 0 saturated carbocycles. The first-order chi connectivity index (χ1) is 22.2. The molecule has 0 aliphatic heterocycles. The second kappa shape index (κ2) is 30.3. The van der Waals surface area contributed by atoms with Crippen LogP contribution in [0.2, 0.25) is 0 Å². The van der Waals surface area contributed by atoms with Crippen molar-refractivity contribution in [2.75, 3.05) is 0 Å². The van der Waals surface area contributed by atoms with E-state index < -0.39 is 0 Å². The molecular weight excluding hydrogens is 619 g/mol. The van der Waals surface area contributed by atoms with Crippen molar-refractivity contribution in [1.29, 1.82) is 0 Å². The summed E-state index contributed by atoms with van der Waals surface area (Å²) < 4.78 is 0. The standard InChI is InChI=1S/C44H74S.Ni/c1-5-9-13-17-21-25-31-39-33-29-37-43(41(39)35-27-23-19-15-11-7-3)45-44-38-30-34-40(32-26-22-18-14-10-6-2)42(44)36-28-24-20-16-12-8-4;/h29-30,33-34,37-38H,5-28,31-32,35-36H2,1-4H3;. The fourth-order valence-electron chi connectivity index (χ4n) is 6.92. The zero-order valence-electron chi connectivity index (χ0n) is 31.0. The Hall–Kier alpha value is -0.716. The van der Waals surface area contributed by atoms with E-state index in [0.29, 0.717) is 0 Å². The minimum atomic E-state index is 0. The first-order valence-electron chi connectivity index (χ1n) is 20.1. The predicted molar refractivity (Wildman–Crippen MR) is 205 cm³/mol. The van der Waals surface area contributed by atoms with Crippen LogP contribution >= 0.6 is 11.8 Å². The molecule has 0 spiro atoms. The van der Waals surface area contributed by atoms with E-state index in [0.717, 1.165) is 0 Å². The SMILES string of the molecule is CCCCCCCCc1cccc(Sc2cccc(CCCCCCCC)c2CCCCCCCC)c1CCCCCCCC.[Ni]. The van der Waals surface area contributed by atoms with Crippen LogP contribution in [-0.2, 0) is 42.2 Å². The smallest absolute Gasteiger partial charge is 0.0157 e. The van der Waals surface area contributed by atoms with Gasteiger partial charge in [0.2, 0.25) is 0 Å². The van der Waals surface area contributed by atoms with Crippen LogP contribution in [0.1, 0.15) is 204 Å². The molecule has 0 amide bonds. The molecule has 2 aromatic carbocycles. The van der Waals surface area contributed by atoms with Gasteiger partial charge in [-0.2, -0.15) is 0 Å². The van der Waals surface area contributed by atoms with Crippen molar-refractivity contribution in [2.45, 2.75) is 217 Å². The fraction of sp³-hybridized carbons (Fsp3) is 0.727. The van der Waals surface area contributed by atoms with Crippen molar-refractivity contribution in [3.8, 4) is 0 Å². The molecule has 0 unspecified atom stereocenters. The molecule has 266 valence electrons. The predicted octanol–water partition coefficient (Wildman–Crippen LogP) is 15.4. The summed E-state index contributed by atoms with van der Waals surface area (Å²) in [6.07, 6.45) is 38.1. The van der Waals surface area contributed by atoms with E-state index in [2.05, 4.69) is 75.9 Å². The van der Waals surface area contributed by atoms with Crippen LogP contribution in [-0.4, -0.2) is 0 Å². The largest absolute Gasteiger partial charge is 0.0895 e. The Morgan fingerprint density at radius 1 is 0.348 bits per heavy atom. The second-order valence-electron chi connectivity index (χ2n) is 14.0. The molecule has 0 N–H and O–H groups in total. The summed E-state index contributed by atoms with van der Waals surface area (Å²) in [4.78, 5) is 3.10. The number of hydrogen-bond donors (Lipinski definition) is 0. The number of hydrogen-bond acceptors (Lipinski definition) is 1. The average Bonchev–Trinajstić information content (AvgIpc) is 3.05. The molecule has 0 saturated heterocycles. The molecule has 2 rings (SSSR count). The summed E-state index contributed by atoms with van der Waals surface area (Å²) >= 11 is 2.11. The number of rotatable bonds is 30. The molecule has 0 atom stereocenters. The van der Waals surface area contributed by atoms with E-state index in [1.165, 1.54) is 180 Å². The van der Waals surface area contributed by atoms with E-state index >= 15 is 0 Å². The molecule has 2 heteroatoms. The van der Waals surface area contributed by atoms with E-state index in [1.54, 1.807) is 32.0 Å². The number of unbranched alkanes of at least 4 members (excludes halogenated alkanes) is 20. The van der Waals surface area contributed by atoms with Crippen molar-refractivity contribution in [2.24, 2.45) is 0 Å². The van der Waals surface area contributed by atoms with Crippen molar-refractivity contribution in [1.82, 2.24) is 0 Å². The molecule has 0 aromatic heterocycles. The molecule has 0 aliphatic carbocycles. The topological polar surface area (TPSA) is 0 Å². The van der Waals surface area contributed by atoms with Crippen molar-refractivity contribution < 1.29 is 16.5 Å². The first kappa shape index (κ1) is 43.3. The van der Waals surface area contributed by atoms with Gasteiger partial charge in [-0.25, -0.2) is 0 Å². The Labute approximate surface area is 302 Å². The van der Waals surface area contributed by atoms with Crippen LogP contribution in [0.3, 0.4) is 0 Å². The molecule has 0 heterocycles. The number of benzene rings is 2. The summed E-state index contributed by atoms with van der Waals surface area (Å²) in [5, 5.41) is 0. The zero-order valence-corrected chi connectivity index (χ0v) is 32.8. The van der Waals surface area contributed by atoms with Crippen LogP contribution in [0.5, 0.6) is 0 Å². The normalized spacial score (nSPS) is 11.2. The van der Waals surface area contributed by atoms with Crippen molar-refractivity contribution >= 4 is 11.8 Å². The Morgan fingerprint density at radius 3 is 0.957 bits per heavy atom. The molecule has 2 aromatic rings. The monoisotopic (exact) mass is 692 g/mol. The Balaban J connectivity index is 0.0000106. The van der Waals surface area contributed by atoms with Crippen molar-refractivity contribution in [3.05, 3.63) is 58.7 Å². The summed E-state index contributed by atoms with van der Waals surface area (Å²) in [5.74, 6) is 0. The van der Waals surface area contributed by atoms with Gasteiger partial charge in [-0.3, -0.25) is 0 Å². The summed E-state index contributed by atoms with van der Waals surface area (Å²) in [5.41, 5.74) is 6.64. The van der Waals surface area contributed by atoms with Gasteiger partial charge in [-0.1, -0.05) is 192 Å². The van der Waals surface area contributed by atoms with Gasteiger partial charge in [0.1, 0.15) is 0 Å². The maximum Gasteiger partial charge on any atom is 0.0157 e. The maximum absolute atomic E-state index is 2.47. The van der Waals surface area contributed by atoms with E-state index in [-0.39, 0.29) is 16.5 Å². The van der Waals surface area contributed by atoms with Gasteiger partial charge in [0, 0.05) is 26.3 Å².